The van der Waals surface area contributed by atoms with Crippen LogP contribution in [0.15, 0.2) is 54.0 Å². The van der Waals surface area contributed by atoms with Gasteiger partial charge in [0.1, 0.15) is 5.65 Å². The molecule has 0 bridgehead atoms. The Labute approximate surface area is 163 Å². The van der Waals surface area contributed by atoms with E-state index in [1.54, 1.807) is 10.8 Å². The maximum atomic E-state index is 12.3. The summed E-state index contributed by atoms with van der Waals surface area (Å²) >= 11 is 0. The Morgan fingerprint density at radius 1 is 1.39 bits per heavy atom. The van der Waals surface area contributed by atoms with Crippen molar-refractivity contribution in [2.75, 3.05) is 13.1 Å². The lowest BCUT2D eigenvalue weighted by atomic mass is 10.1. The number of hydrogen-bond acceptors (Lipinski definition) is 4. The van der Waals surface area contributed by atoms with Crippen molar-refractivity contribution >= 4 is 17.0 Å². The number of aryl methyl sites for hydroxylation is 1. The molecule has 0 aliphatic carbocycles. The fourth-order valence-electron chi connectivity index (χ4n) is 3.06. The van der Waals surface area contributed by atoms with Crippen LogP contribution in [0, 0.1) is 12.3 Å². The van der Waals surface area contributed by atoms with Crippen molar-refractivity contribution in [3.05, 3.63) is 70.9 Å². The molecular formula is C20H25N7O. The highest BCUT2D eigenvalue weighted by atomic mass is 16.1. The monoisotopic (exact) mass is 379 g/mol. The van der Waals surface area contributed by atoms with E-state index in [4.69, 9.17) is 11.1 Å². The van der Waals surface area contributed by atoms with Gasteiger partial charge < -0.3 is 21.4 Å². The summed E-state index contributed by atoms with van der Waals surface area (Å²) in [5, 5.41) is 14.2. The summed E-state index contributed by atoms with van der Waals surface area (Å²) in [4.78, 5) is 19.5. The molecule has 2 heterocycles. The van der Waals surface area contributed by atoms with Crippen LogP contribution in [-0.4, -0.2) is 33.6 Å². The first kappa shape index (κ1) is 19.4. The standard InChI is InChI=1S/C20H25N7O/c1-3-17(23-9-4-10-24-19(21)22)14-5-7-16(8-6-14)27-12-15-11-13(2)25-18(15)26-20(27)28/h3,5-8,11-12,17,23H,1,4,9-10H2,2H3,(H4,21,22,24)(H,25,26,28). The van der Waals surface area contributed by atoms with Gasteiger partial charge in [-0.3, -0.25) is 9.98 Å². The van der Waals surface area contributed by atoms with Crippen molar-refractivity contribution in [3.8, 4) is 5.69 Å². The van der Waals surface area contributed by atoms with E-state index in [9.17, 15) is 4.79 Å². The summed E-state index contributed by atoms with van der Waals surface area (Å²) in [7, 11) is 0. The number of H-pyrrole nitrogens is 1. The number of rotatable bonds is 8. The zero-order valence-electron chi connectivity index (χ0n) is 15.8. The van der Waals surface area contributed by atoms with Crippen LogP contribution in [0.4, 0.5) is 0 Å². The van der Waals surface area contributed by atoms with E-state index in [1.807, 2.05) is 43.3 Å². The molecule has 0 saturated carbocycles. The van der Waals surface area contributed by atoms with Gasteiger partial charge in [-0.05, 0) is 43.7 Å². The van der Waals surface area contributed by atoms with Crippen LogP contribution in [0.1, 0.15) is 23.7 Å². The second kappa shape index (κ2) is 8.53. The Morgan fingerprint density at radius 3 is 2.82 bits per heavy atom. The second-order valence-electron chi connectivity index (χ2n) is 6.60. The van der Waals surface area contributed by atoms with Crippen molar-refractivity contribution in [1.82, 2.24) is 25.2 Å². The number of nitrogens with two attached hydrogens (primary N) is 1. The van der Waals surface area contributed by atoms with Crippen molar-refractivity contribution in [2.45, 2.75) is 19.4 Å². The maximum Gasteiger partial charge on any atom is 0.354 e. The summed E-state index contributed by atoms with van der Waals surface area (Å²) in [6, 6.07) is 9.71. The molecule has 28 heavy (non-hydrogen) atoms. The number of fused-ring (bicyclic) bond motifs is 1. The maximum absolute atomic E-state index is 12.3. The first-order chi connectivity index (χ1) is 13.5. The van der Waals surface area contributed by atoms with Crippen molar-refractivity contribution in [3.63, 3.8) is 0 Å². The first-order valence-electron chi connectivity index (χ1n) is 9.11. The molecular weight excluding hydrogens is 354 g/mol. The zero-order chi connectivity index (χ0) is 20.1. The number of aromatic nitrogens is 3. The Morgan fingerprint density at radius 2 is 2.14 bits per heavy atom. The minimum Gasteiger partial charge on any atom is -0.370 e. The van der Waals surface area contributed by atoms with E-state index in [-0.39, 0.29) is 17.7 Å². The lowest BCUT2D eigenvalue weighted by Crippen LogP contribution is -2.32. The van der Waals surface area contributed by atoms with Gasteiger partial charge in [0.15, 0.2) is 5.96 Å². The average molecular weight is 379 g/mol. The number of hydrogen-bond donors (Lipinski definition) is 5. The Kier molecular flexibility index (Phi) is 5.90. The molecule has 0 radical (unpaired) electrons. The highest BCUT2D eigenvalue weighted by Crippen LogP contribution is 2.18. The van der Waals surface area contributed by atoms with E-state index < -0.39 is 0 Å². The molecule has 146 valence electrons. The van der Waals surface area contributed by atoms with Crippen molar-refractivity contribution in [2.24, 2.45) is 5.73 Å². The Balaban J connectivity index is 1.71. The van der Waals surface area contributed by atoms with Crippen molar-refractivity contribution < 1.29 is 0 Å². The fourth-order valence-corrected chi connectivity index (χ4v) is 3.06. The Bertz CT molecular complexity index is 1030. The van der Waals surface area contributed by atoms with Crippen LogP contribution >= 0.6 is 0 Å². The molecule has 3 rings (SSSR count). The third kappa shape index (κ3) is 4.47. The van der Waals surface area contributed by atoms with Gasteiger partial charge in [0, 0.05) is 23.8 Å². The molecule has 3 aromatic rings. The number of guanidine groups is 1. The fraction of sp³-hybridized carbons (Fsp3) is 0.250. The van der Waals surface area contributed by atoms with Crippen LogP contribution in [0.3, 0.4) is 0 Å². The molecule has 1 atom stereocenters. The minimum atomic E-state index is -0.321. The summed E-state index contributed by atoms with van der Waals surface area (Å²) in [6.07, 6.45) is 4.48. The predicted molar refractivity (Wildman–Crippen MR) is 112 cm³/mol. The predicted octanol–water partition coefficient (Wildman–Crippen LogP) is 1.71. The van der Waals surface area contributed by atoms with Gasteiger partial charge in [-0.1, -0.05) is 18.2 Å². The second-order valence-corrected chi connectivity index (χ2v) is 6.60. The normalized spacial score (nSPS) is 12.0. The SMILES string of the molecule is C=CC(NCCCNC(=N)N)c1ccc(-n2cc3cc(C)[nH]c3nc2=O)cc1. The molecule has 0 aliphatic rings. The molecule has 8 nitrogen and oxygen atoms in total. The molecule has 1 aromatic carbocycles. The first-order valence-corrected chi connectivity index (χ1v) is 9.11. The molecule has 0 aliphatic heterocycles. The van der Waals surface area contributed by atoms with Crippen LogP contribution in [-0.2, 0) is 0 Å². The van der Waals surface area contributed by atoms with Gasteiger partial charge >= 0.3 is 5.69 Å². The number of nitrogens with zero attached hydrogens (tertiary/aromatic N) is 2. The molecule has 2 aromatic heterocycles. The highest BCUT2D eigenvalue weighted by Gasteiger charge is 2.09. The van der Waals surface area contributed by atoms with Crippen LogP contribution < -0.4 is 22.1 Å². The third-order valence-corrected chi connectivity index (χ3v) is 4.44. The largest absolute Gasteiger partial charge is 0.370 e. The van der Waals surface area contributed by atoms with Crippen molar-refractivity contribution in [1.29, 1.82) is 5.41 Å². The molecule has 0 amide bonds. The van der Waals surface area contributed by atoms with E-state index in [2.05, 4.69) is 27.2 Å². The van der Waals surface area contributed by atoms with Crippen LogP contribution in [0.2, 0.25) is 0 Å². The minimum absolute atomic E-state index is 0.00368. The smallest absolute Gasteiger partial charge is 0.354 e. The quantitative estimate of drug-likeness (QED) is 0.176. The van der Waals surface area contributed by atoms with Gasteiger partial charge in [0.2, 0.25) is 0 Å². The number of nitrogens with one attached hydrogen (secondary N) is 4. The Hall–Kier alpha value is -3.39. The molecule has 6 N–H and O–H groups in total. The van der Waals surface area contributed by atoms with Gasteiger partial charge in [0.05, 0.1) is 11.7 Å². The number of aromatic amines is 1. The molecule has 1 unspecified atom stereocenters. The molecule has 0 spiro atoms. The van der Waals surface area contributed by atoms with E-state index >= 15 is 0 Å². The van der Waals surface area contributed by atoms with Gasteiger partial charge in [-0.15, -0.1) is 6.58 Å². The lowest BCUT2D eigenvalue weighted by molar-refractivity contribution is 0.591. The topological polar surface area (TPSA) is 125 Å². The van der Waals surface area contributed by atoms with Gasteiger partial charge in [-0.2, -0.15) is 4.98 Å². The summed E-state index contributed by atoms with van der Waals surface area (Å²) < 4.78 is 1.54. The summed E-state index contributed by atoms with van der Waals surface area (Å²) in [5.41, 5.74) is 8.32. The molecule has 0 saturated heterocycles. The molecule has 8 heteroatoms. The highest BCUT2D eigenvalue weighted by molar-refractivity contribution is 5.75. The average Bonchev–Trinajstić information content (AvgIpc) is 3.03. The van der Waals surface area contributed by atoms with E-state index in [1.165, 1.54) is 0 Å². The molecule has 0 fully saturated rings. The van der Waals surface area contributed by atoms with Gasteiger partial charge in [0.25, 0.3) is 0 Å². The number of benzene rings is 1. The van der Waals surface area contributed by atoms with Gasteiger partial charge in [-0.25, -0.2) is 4.79 Å². The van der Waals surface area contributed by atoms with E-state index in [0.717, 1.165) is 35.3 Å². The van der Waals surface area contributed by atoms with Crippen LogP contribution in [0.25, 0.3) is 16.7 Å². The lowest BCUT2D eigenvalue weighted by Gasteiger charge is -2.16. The zero-order valence-corrected chi connectivity index (χ0v) is 15.8. The third-order valence-electron chi connectivity index (χ3n) is 4.44. The van der Waals surface area contributed by atoms with Crippen LogP contribution in [0.5, 0.6) is 0 Å². The summed E-state index contributed by atoms with van der Waals surface area (Å²) in [5.74, 6) is -0.0198. The van der Waals surface area contributed by atoms with E-state index in [0.29, 0.717) is 12.2 Å². The summed E-state index contributed by atoms with van der Waals surface area (Å²) in [6.45, 7) is 7.23.